The first-order valence-corrected chi connectivity index (χ1v) is 7.22. The second-order valence-corrected chi connectivity index (χ2v) is 5.13. The van der Waals surface area contributed by atoms with Gasteiger partial charge in [-0.15, -0.1) is 0 Å². The topological polar surface area (TPSA) is 82.3 Å². The maximum atomic E-state index is 6.05. The van der Waals surface area contributed by atoms with E-state index in [4.69, 9.17) is 15.3 Å². The molecule has 1 saturated carbocycles. The molecular formula is C14H24N4O2. The summed E-state index contributed by atoms with van der Waals surface area (Å²) in [6, 6.07) is 1.80. The number of hydrazine groups is 1. The molecular weight excluding hydrogens is 256 g/mol. The highest BCUT2D eigenvalue weighted by atomic mass is 16.5. The fourth-order valence-electron chi connectivity index (χ4n) is 2.83. The zero-order valence-electron chi connectivity index (χ0n) is 12.3. The first-order valence-electron chi connectivity index (χ1n) is 7.22. The van der Waals surface area contributed by atoms with Gasteiger partial charge in [0.2, 0.25) is 0 Å². The largest absolute Gasteiger partial charge is 0.378 e. The number of nitrogens with one attached hydrogen (secondary N) is 1. The van der Waals surface area contributed by atoms with E-state index in [-0.39, 0.29) is 5.60 Å². The Morgan fingerprint density at radius 2 is 2.05 bits per heavy atom. The van der Waals surface area contributed by atoms with Crippen molar-refractivity contribution < 1.29 is 9.47 Å². The molecule has 1 heterocycles. The zero-order chi connectivity index (χ0) is 14.4. The Hall–Kier alpha value is -1.24. The van der Waals surface area contributed by atoms with E-state index >= 15 is 0 Å². The van der Waals surface area contributed by atoms with Gasteiger partial charge in [-0.05, 0) is 19.8 Å². The van der Waals surface area contributed by atoms with Crippen molar-refractivity contribution in [1.82, 2.24) is 9.97 Å². The van der Waals surface area contributed by atoms with Crippen LogP contribution in [0, 0.1) is 0 Å². The SMILES string of the molecule is CCOC1(c2nc(COC)cc(NN)n2)CCCCC1. The highest BCUT2D eigenvalue weighted by molar-refractivity contribution is 5.35. The van der Waals surface area contributed by atoms with E-state index in [0.29, 0.717) is 19.0 Å². The molecule has 0 radical (unpaired) electrons. The van der Waals surface area contributed by atoms with Crippen molar-refractivity contribution in [3.05, 3.63) is 17.6 Å². The number of methoxy groups -OCH3 is 1. The van der Waals surface area contributed by atoms with E-state index in [9.17, 15) is 0 Å². The van der Waals surface area contributed by atoms with E-state index in [0.717, 1.165) is 37.2 Å². The Morgan fingerprint density at radius 1 is 1.30 bits per heavy atom. The third-order valence-corrected chi connectivity index (χ3v) is 3.71. The number of aromatic nitrogens is 2. The van der Waals surface area contributed by atoms with E-state index in [2.05, 4.69) is 15.4 Å². The molecule has 20 heavy (non-hydrogen) atoms. The first kappa shape index (κ1) is 15.2. The highest BCUT2D eigenvalue weighted by Gasteiger charge is 2.37. The van der Waals surface area contributed by atoms with Crippen LogP contribution in [0.3, 0.4) is 0 Å². The molecule has 6 heteroatoms. The number of anilines is 1. The Bertz CT molecular complexity index is 428. The summed E-state index contributed by atoms with van der Waals surface area (Å²) in [4.78, 5) is 9.15. The van der Waals surface area contributed by atoms with Crippen LogP contribution in [0.2, 0.25) is 0 Å². The van der Waals surface area contributed by atoms with Crippen LogP contribution in [-0.2, 0) is 21.7 Å². The van der Waals surface area contributed by atoms with Crippen molar-refractivity contribution in [3.63, 3.8) is 0 Å². The Morgan fingerprint density at radius 3 is 2.65 bits per heavy atom. The standard InChI is InChI=1S/C14H24N4O2/c1-3-20-14(7-5-4-6-8-14)13-16-11(10-19-2)9-12(17-13)18-15/h9H,3-8,10,15H2,1-2H3,(H,16,17,18). The molecule has 0 atom stereocenters. The molecule has 0 aliphatic heterocycles. The van der Waals surface area contributed by atoms with Gasteiger partial charge in [0.15, 0.2) is 5.82 Å². The van der Waals surface area contributed by atoms with Crippen LogP contribution in [0.5, 0.6) is 0 Å². The number of hydrogen-bond donors (Lipinski definition) is 2. The summed E-state index contributed by atoms with van der Waals surface area (Å²) >= 11 is 0. The van der Waals surface area contributed by atoms with Gasteiger partial charge in [-0.2, -0.15) is 0 Å². The van der Waals surface area contributed by atoms with Gasteiger partial charge >= 0.3 is 0 Å². The van der Waals surface area contributed by atoms with Gasteiger partial charge in [0, 0.05) is 19.8 Å². The predicted molar refractivity (Wildman–Crippen MR) is 76.9 cm³/mol. The average molecular weight is 280 g/mol. The molecule has 0 saturated heterocycles. The third-order valence-electron chi connectivity index (χ3n) is 3.71. The van der Waals surface area contributed by atoms with E-state index in [1.165, 1.54) is 6.42 Å². The zero-order valence-corrected chi connectivity index (χ0v) is 12.3. The Labute approximate surface area is 120 Å². The van der Waals surface area contributed by atoms with E-state index in [1.54, 1.807) is 13.2 Å². The van der Waals surface area contributed by atoms with Crippen LogP contribution in [-0.4, -0.2) is 23.7 Å². The van der Waals surface area contributed by atoms with Gasteiger partial charge in [-0.3, -0.25) is 0 Å². The van der Waals surface area contributed by atoms with Gasteiger partial charge in [0.1, 0.15) is 11.4 Å². The summed E-state index contributed by atoms with van der Waals surface area (Å²) in [6.45, 7) is 3.10. The Kier molecular flexibility index (Phi) is 5.28. The van der Waals surface area contributed by atoms with Crippen LogP contribution in [0.4, 0.5) is 5.82 Å². The normalized spacial score (nSPS) is 17.9. The molecule has 2 rings (SSSR count). The maximum absolute atomic E-state index is 6.05. The van der Waals surface area contributed by atoms with Crippen molar-refractivity contribution in [1.29, 1.82) is 0 Å². The maximum Gasteiger partial charge on any atom is 0.163 e. The van der Waals surface area contributed by atoms with E-state index < -0.39 is 0 Å². The molecule has 0 spiro atoms. The lowest BCUT2D eigenvalue weighted by atomic mass is 9.83. The van der Waals surface area contributed by atoms with Gasteiger partial charge in [-0.25, -0.2) is 15.8 Å². The van der Waals surface area contributed by atoms with Crippen molar-refractivity contribution in [2.45, 2.75) is 51.2 Å². The lowest BCUT2D eigenvalue weighted by Crippen LogP contribution is -2.35. The minimum Gasteiger partial charge on any atom is -0.378 e. The van der Waals surface area contributed by atoms with Crippen molar-refractivity contribution in [2.75, 3.05) is 19.1 Å². The van der Waals surface area contributed by atoms with Crippen LogP contribution >= 0.6 is 0 Å². The van der Waals surface area contributed by atoms with Gasteiger partial charge in [0.25, 0.3) is 0 Å². The second kappa shape index (κ2) is 6.97. The minimum atomic E-state index is -0.373. The van der Waals surface area contributed by atoms with Gasteiger partial charge in [0.05, 0.1) is 12.3 Å². The molecule has 1 fully saturated rings. The number of rotatable bonds is 6. The summed E-state index contributed by atoms with van der Waals surface area (Å²) in [5, 5.41) is 0. The van der Waals surface area contributed by atoms with Crippen LogP contribution < -0.4 is 11.3 Å². The number of hydrogen-bond acceptors (Lipinski definition) is 6. The number of nitrogen functional groups attached to an aromatic ring is 1. The van der Waals surface area contributed by atoms with Crippen LogP contribution in [0.1, 0.15) is 50.5 Å². The lowest BCUT2D eigenvalue weighted by Gasteiger charge is -2.35. The van der Waals surface area contributed by atoms with Crippen molar-refractivity contribution in [3.8, 4) is 0 Å². The molecule has 112 valence electrons. The van der Waals surface area contributed by atoms with Crippen LogP contribution in [0.25, 0.3) is 0 Å². The molecule has 1 aliphatic rings. The smallest absolute Gasteiger partial charge is 0.163 e. The molecule has 6 nitrogen and oxygen atoms in total. The average Bonchev–Trinajstić information content (AvgIpc) is 2.48. The number of nitrogens with two attached hydrogens (primary N) is 1. The van der Waals surface area contributed by atoms with Gasteiger partial charge in [-0.1, -0.05) is 19.3 Å². The molecule has 0 unspecified atom stereocenters. The molecule has 0 aromatic carbocycles. The summed E-state index contributed by atoms with van der Waals surface area (Å²) in [5.41, 5.74) is 3.04. The highest BCUT2D eigenvalue weighted by Crippen LogP contribution is 2.39. The van der Waals surface area contributed by atoms with Crippen molar-refractivity contribution >= 4 is 5.82 Å². The number of ether oxygens (including phenoxy) is 2. The molecule has 1 aromatic rings. The summed E-state index contributed by atoms with van der Waals surface area (Å²) in [5.74, 6) is 6.84. The van der Waals surface area contributed by atoms with Gasteiger partial charge < -0.3 is 14.9 Å². The van der Waals surface area contributed by atoms with Crippen LogP contribution in [0.15, 0.2) is 6.07 Å². The quantitative estimate of drug-likeness (QED) is 0.613. The number of nitrogens with zero attached hydrogens (tertiary/aromatic N) is 2. The summed E-state index contributed by atoms with van der Waals surface area (Å²) in [6.07, 6.45) is 5.45. The summed E-state index contributed by atoms with van der Waals surface area (Å²) < 4.78 is 11.2. The third kappa shape index (κ3) is 3.26. The molecule has 0 bridgehead atoms. The first-order chi connectivity index (χ1) is 9.74. The monoisotopic (exact) mass is 280 g/mol. The Balaban J connectivity index is 2.38. The van der Waals surface area contributed by atoms with Crippen molar-refractivity contribution in [2.24, 2.45) is 5.84 Å². The molecule has 3 N–H and O–H groups in total. The fourth-order valence-corrected chi connectivity index (χ4v) is 2.83. The lowest BCUT2D eigenvalue weighted by molar-refractivity contribution is -0.0768. The molecule has 0 amide bonds. The fraction of sp³-hybridized carbons (Fsp3) is 0.714. The molecule has 1 aromatic heterocycles. The predicted octanol–water partition coefficient (Wildman–Crippen LogP) is 2.10. The molecule has 1 aliphatic carbocycles. The summed E-state index contributed by atoms with van der Waals surface area (Å²) in [7, 11) is 1.65. The van der Waals surface area contributed by atoms with E-state index in [1.807, 2.05) is 6.92 Å². The second-order valence-electron chi connectivity index (χ2n) is 5.13. The minimum absolute atomic E-state index is 0.373.